The van der Waals surface area contributed by atoms with E-state index in [9.17, 15) is 9.59 Å². The van der Waals surface area contributed by atoms with Gasteiger partial charge in [-0.1, -0.05) is 16.8 Å². The van der Waals surface area contributed by atoms with Crippen molar-refractivity contribution < 1.29 is 23.6 Å². The van der Waals surface area contributed by atoms with Crippen molar-refractivity contribution in [2.24, 2.45) is 0 Å². The van der Waals surface area contributed by atoms with Gasteiger partial charge >= 0.3 is 0 Å². The summed E-state index contributed by atoms with van der Waals surface area (Å²) < 4.78 is 15.7. The van der Waals surface area contributed by atoms with E-state index < -0.39 is 0 Å². The normalized spacial score (nSPS) is 10.5. The van der Waals surface area contributed by atoms with Gasteiger partial charge in [0, 0.05) is 30.8 Å². The van der Waals surface area contributed by atoms with E-state index in [1.165, 1.54) is 4.90 Å². The SMILES string of the molecule is CCOCCCN(CC(=O)Nc1cc(C)on1)C(=O)COc1ccc(Cl)cc1. The van der Waals surface area contributed by atoms with Crippen LogP contribution in [0.5, 0.6) is 5.75 Å². The van der Waals surface area contributed by atoms with E-state index >= 15 is 0 Å². The largest absolute Gasteiger partial charge is 0.484 e. The monoisotopic (exact) mass is 409 g/mol. The average molecular weight is 410 g/mol. The van der Waals surface area contributed by atoms with Crippen LogP contribution in [0.4, 0.5) is 5.82 Å². The Morgan fingerprint density at radius 3 is 2.68 bits per heavy atom. The van der Waals surface area contributed by atoms with Gasteiger partial charge in [0.2, 0.25) is 5.91 Å². The number of hydrogen-bond donors (Lipinski definition) is 1. The summed E-state index contributed by atoms with van der Waals surface area (Å²) in [5, 5.41) is 6.90. The van der Waals surface area contributed by atoms with Gasteiger partial charge in [-0.25, -0.2) is 0 Å². The van der Waals surface area contributed by atoms with E-state index in [0.29, 0.717) is 48.5 Å². The minimum Gasteiger partial charge on any atom is -0.484 e. The van der Waals surface area contributed by atoms with Gasteiger partial charge in [0.05, 0.1) is 0 Å². The number of rotatable bonds is 11. The molecular weight excluding hydrogens is 386 g/mol. The molecule has 28 heavy (non-hydrogen) atoms. The van der Waals surface area contributed by atoms with Gasteiger partial charge in [-0.3, -0.25) is 9.59 Å². The summed E-state index contributed by atoms with van der Waals surface area (Å²) >= 11 is 5.83. The van der Waals surface area contributed by atoms with Crippen molar-refractivity contribution in [2.45, 2.75) is 20.3 Å². The van der Waals surface area contributed by atoms with Crippen LogP contribution in [-0.4, -0.2) is 54.8 Å². The first-order valence-corrected chi connectivity index (χ1v) is 9.32. The first-order valence-electron chi connectivity index (χ1n) is 8.95. The van der Waals surface area contributed by atoms with Crippen molar-refractivity contribution in [1.29, 1.82) is 0 Å². The van der Waals surface area contributed by atoms with Crippen molar-refractivity contribution in [3.8, 4) is 5.75 Å². The second kappa shape index (κ2) is 11.3. The number of hydrogen-bond acceptors (Lipinski definition) is 6. The number of halogens is 1. The zero-order valence-electron chi connectivity index (χ0n) is 15.9. The Kier molecular flexibility index (Phi) is 8.77. The van der Waals surface area contributed by atoms with E-state index in [4.69, 9.17) is 25.6 Å². The molecule has 1 heterocycles. The zero-order valence-corrected chi connectivity index (χ0v) is 16.7. The van der Waals surface area contributed by atoms with Gasteiger partial charge in [-0.2, -0.15) is 0 Å². The molecule has 0 bridgehead atoms. The molecule has 0 aliphatic heterocycles. The number of carbonyl (C=O) groups excluding carboxylic acids is 2. The molecule has 0 aliphatic carbocycles. The number of anilines is 1. The Balaban J connectivity index is 1.91. The Hall–Kier alpha value is -2.58. The summed E-state index contributed by atoms with van der Waals surface area (Å²) in [7, 11) is 0. The third-order valence-corrected chi connectivity index (χ3v) is 3.93. The van der Waals surface area contributed by atoms with Crippen molar-refractivity contribution in [3.05, 3.63) is 41.1 Å². The number of benzene rings is 1. The highest BCUT2D eigenvalue weighted by molar-refractivity contribution is 6.30. The molecule has 8 nitrogen and oxygen atoms in total. The fourth-order valence-corrected chi connectivity index (χ4v) is 2.47. The average Bonchev–Trinajstić information content (AvgIpc) is 3.08. The maximum absolute atomic E-state index is 12.6. The molecule has 1 N–H and O–H groups in total. The van der Waals surface area contributed by atoms with Crippen LogP contribution in [0.1, 0.15) is 19.1 Å². The molecular formula is C19H24ClN3O5. The lowest BCUT2D eigenvalue weighted by molar-refractivity contribution is -0.136. The van der Waals surface area contributed by atoms with Crippen LogP contribution in [0.2, 0.25) is 5.02 Å². The van der Waals surface area contributed by atoms with Crippen LogP contribution >= 0.6 is 11.6 Å². The van der Waals surface area contributed by atoms with Crippen LogP contribution < -0.4 is 10.1 Å². The molecule has 1 aromatic carbocycles. The Labute approximate surface area is 168 Å². The molecule has 0 unspecified atom stereocenters. The highest BCUT2D eigenvalue weighted by Crippen LogP contribution is 2.15. The maximum Gasteiger partial charge on any atom is 0.260 e. The van der Waals surface area contributed by atoms with Crippen LogP contribution in [-0.2, 0) is 14.3 Å². The van der Waals surface area contributed by atoms with E-state index in [-0.39, 0.29) is 25.0 Å². The van der Waals surface area contributed by atoms with Gasteiger partial charge in [-0.15, -0.1) is 0 Å². The predicted octanol–water partition coefficient (Wildman–Crippen LogP) is 2.91. The van der Waals surface area contributed by atoms with Crippen LogP contribution in [0, 0.1) is 6.92 Å². The highest BCUT2D eigenvalue weighted by Gasteiger charge is 2.18. The van der Waals surface area contributed by atoms with Crippen LogP contribution in [0.25, 0.3) is 0 Å². The first-order chi connectivity index (χ1) is 13.5. The summed E-state index contributed by atoms with van der Waals surface area (Å²) in [6.45, 7) is 4.78. The van der Waals surface area contributed by atoms with E-state index in [0.717, 1.165) is 0 Å². The second-order valence-corrected chi connectivity index (χ2v) is 6.42. The van der Waals surface area contributed by atoms with Gasteiger partial charge in [0.15, 0.2) is 12.4 Å². The van der Waals surface area contributed by atoms with Gasteiger partial charge < -0.3 is 24.2 Å². The molecule has 152 valence electrons. The number of aryl methyl sites for hydroxylation is 1. The third-order valence-electron chi connectivity index (χ3n) is 3.68. The minimum atomic E-state index is -0.371. The van der Waals surface area contributed by atoms with Crippen molar-refractivity contribution in [2.75, 3.05) is 38.2 Å². The molecule has 0 atom stereocenters. The number of nitrogens with zero attached hydrogens (tertiary/aromatic N) is 2. The summed E-state index contributed by atoms with van der Waals surface area (Å²) in [5.41, 5.74) is 0. The number of ether oxygens (including phenoxy) is 2. The van der Waals surface area contributed by atoms with Crippen LogP contribution in [0.15, 0.2) is 34.9 Å². The van der Waals surface area contributed by atoms with E-state index in [1.54, 1.807) is 37.3 Å². The third kappa shape index (κ3) is 7.58. The Bertz CT molecular complexity index is 763. The van der Waals surface area contributed by atoms with Crippen molar-refractivity contribution in [3.63, 3.8) is 0 Å². The number of amides is 2. The molecule has 1 aromatic heterocycles. The Morgan fingerprint density at radius 2 is 2.04 bits per heavy atom. The van der Waals surface area contributed by atoms with Crippen molar-refractivity contribution in [1.82, 2.24) is 10.1 Å². The van der Waals surface area contributed by atoms with Gasteiger partial charge in [0.1, 0.15) is 18.1 Å². The standard InChI is InChI=1S/C19H24ClN3O5/c1-3-26-10-4-9-23(12-18(24)21-17-11-14(2)28-22-17)19(25)13-27-16-7-5-15(20)6-8-16/h5-8,11H,3-4,9-10,12-13H2,1-2H3,(H,21,22,24). The molecule has 2 aromatic rings. The zero-order chi connectivity index (χ0) is 20.4. The summed E-state index contributed by atoms with van der Waals surface area (Å²) in [5.74, 6) is 0.731. The van der Waals surface area contributed by atoms with E-state index in [1.807, 2.05) is 6.92 Å². The lowest BCUT2D eigenvalue weighted by atomic mass is 10.3. The number of carbonyl (C=O) groups is 2. The van der Waals surface area contributed by atoms with Crippen molar-refractivity contribution >= 4 is 29.2 Å². The minimum absolute atomic E-state index is 0.124. The summed E-state index contributed by atoms with van der Waals surface area (Å²) in [6, 6.07) is 8.30. The number of nitrogens with one attached hydrogen (secondary N) is 1. The summed E-state index contributed by atoms with van der Waals surface area (Å²) in [4.78, 5) is 26.3. The lowest BCUT2D eigenvalue weighted by Gasteiger charge is -2.22. The lowest BCUT2D eigenvalue weighted by Crippen LogP contribution is -2.41. The number of aromatic nitrogens is 1. The quantitative estimate of drug-likeness (QED) is 0.573. The molecule has 9 heteroatoms. The topological polar surface area (TPSA) is 93.9 Å². The predicted molar refractivity (Wildman–Crippen MR) is 105 cm³/mol. The highest BCUT2D eigenvalue weighted by atomic mass is 35.5. The molecule has 2 rings (SSSR count). The molecule has 0 spiro atoms. The molecule has 0 aliphatic rings. The van der Waals surface area contributed by atoms with E-state index in [2.05, 4.69) is 10.5 Å². The molecule has 0 radical (unpaired) electrons. The summed E-state index contributed by atoms with van der Waals surface area (Å²) in [6.07, 6.45) is 0.608. The molecule has 0 saturated heterocycles. The first kappa shape index (κ1) is 21.7. The molecule has 0 saturated carbocycles. The van der Waals surface area contributed by atoms with Crippen LogP contribution in [0.3, 0.4) is 0 Å². The Morgan fingerprint density at radius 1 is 1.29 bits per heavy atom. The van der Waals surface area contributed by atoms with Gasteiger partial charge in [0.25, 0.3) is 5.91 Å². The maximum atomic E-state index is 12.6. The second-order valence-electron chi connectivity index (χ2n) is 5.98. The molecule has 2 amide bonds. The fourth-order valence-electron chi connectivity index (χ4n) is 2.34. The van der Waals surface area contributed by atoms with Gasteiger partial charge in [-0.05, 0) is 44.5 Å². The molecule has 0 fully saturated rings. The fraction of sp³-hybridized carbons (Fsp3) is 0.421. The smallest absolute Gasteiger partial charge is 0.260 e.